The van der Waals surface area contributed by atoms with Crippen LogP contribution in [0.25, 0.3) is 16.7 Å². The maximum atomic E-state index is 12.9. The lowest BCUT2D eigenvalue weighted by Gasteiger charge is -2.39. The van der Waals surface area contributed by atoms with Crippen LogP contribution in [0.1, 0.15) is 31.4 Å². The first-order valence-electron chi connectivity index (χ1n) is 12.0. The molecule has 2 aliphatic heterocycles. The van der Waals surface area contributed by atoms with Crippen molar-refractivity contribution in [2.45, 2.75) is 27.2 Å². The van der Waals surface area contributed by atoms with Gasteiger partial charge in [-0.2, -0.15) is 5.26 Å². The number of piperazine rings is 1. The molecule has 33 heavy (non-hydrogen) atoms. The zero-order chi connectivity index (χ0) is 23.1. The van der Waals surface area contributed by atoms with Crippen molar-refractivity contribution >= 4 is 28.4 Å². The number of para-hydroxylation sites is 2. The summed E-state index contributed by atoms with van der Waals surface area (Å²) in [6, 6.07) is 12.5. The number of fused-ring (bicyclic) bond motifs is 3. The maximum Gasteiger partial charge on any atom is 0.236 e. The second-order valence-electron chi connectivity index (χ2n) is 9.94. The molecule has 0 saturated carbocycles. The topological polar surface area (TPSA) is 67.9 Å². The summed E-state index contributed by atoms with van der Waals surface area (Å²) in [6.07, 6.45) is 1.21. The van der Waals surface area contributed by atoms with Crippen LogP contribution in [0.2, 0.25) is 0 Å². The predicted octanol–water partition coefficient (Wildman–Crippen LogP) is 3.29. The van der Waals surface area contributed by atoms with E-state index in [1.54, 1.807) is 0 Å². The van der Waals surface area contributed by atoms with Gasteiger partial charge in [-0.1, -0.05) is 26.0 Å². The Labute approximate surface area is 195 Å². The molecule has 2 aromatic heterocycles. The van der Waals surface area contributed by atoms with Gasteiger partial charge < -0.3 is 9.80 Å². The van der Waals surface area contributed by atoms with Gasteiger partial charge in [0.15, 0.2) is 5.65 Å². The zero-order valence-corrected chi connectivity index (χ0v) is 19.8. The van der Waals surface area contributed by atoms with Crippen LogP contribution in [0, 0.1) is 30.1 Å². The van der Waals surface area contributed by atoms with Crippen LogP contribution in [0.5, 0.6) is 0 Å². The Morgan fingerprint density at radius 1 is 1.12 bits per heavy atom. The fourth-order valence-electron chi connectivity index (χ4n) is 5.60. The highest BCUT2D eigenvalue weighted by atomic mass is 16.2. The molecule has 0 N–H and O–H groups in total. The van der Waals surface area contributed by atoms with Gasteiger partial charge >= 0.3 is 0 Å². The molecule has 0 bridgehead atoms. The van der Waals surface area contributed by atoms with Crippen molar-refractivity contribution in [2.75, 3.05) is 50.7 Å². The van der Waals surface area contributed by atoms with Crippen molar-refractivity contribution in [3.05, 3.63) is 41.5 Å². The van der Waals surface area contributed by atoms with Gasteiger partial charge in [0.2, 0.25) is 5.91 Å². The average molecular weight is 445 g/mol. The van der Waals surface area contributed by atoms with Gasteiger partial charge in [-0.25, -0.2) is 4.98 Å². The van der Waals surface area contributed by atoms with Gasteiger partial charge in [-0.3, -0.25) is 14.1 Å². The van der Waals surface area contributed by atoms with Gasteiger partial charge in [0.25, 0.3) is 0 Å². The molecule has 3 aromatic rings. The average Bonchev–Trinajstić information content (AvgIpc) is 3.18. The van der Waals surface area contributed by atoms with Crippen LogP contribution in [0.4, 0.5) is 5.82 Å². The summed E-state index contributed by atoms with van der Waals surface area (Å²) < 4.78 is 2.12. The molecule has 172 valence electrons. The third-order valence-electron chi connectivity index (χ3n) is 7.14. The molecule has 2 aliphatic rings. The number of aromatic nitrogens is 2. The zero-order valence-electron chi connectivity index (χ0n) is 19.8. The van der Waals surface area contributed by atoms with Crippen molar-refractivity contribution in [1.82, 2.24) is 19.2 Å². The molecule has 7 heteroatoms. The smallest absolute Gasteiger partial charge is 0.236 e. The number of pyridine rings is 1. The number of carbonyl (C=O) groups excluding carboxylic acids is 1. The first kappa shape index (κ1) is 21.7. The normalized spacial score (nSPS) is 22.1. The molecule has 1 amide bonds. The number of imidazole rings is 1. The SMILES string of the molecule is Cc1cc(N2CCN(CC(=O)N3C[C@H](C)C[C@H](C)C3)CC2)n2c(nc3ccccc32)c1C#N. The van der Waals surface area contributed by atoms with Gasteiger partial charge in [0, 0.05) is 39.3 Å². The molecule has 2 fully saturated rings. The van der Waals surface area contributed by atoms with E-state index in [0.717, 1.165) is 67.3 Å². The van der Waals surface area contributed by atoms with E-state index in [1.807, 2.05) is 25.1 Å². The van der Waals surface area contributed by atoms with Crippen molar-refractivity contribution in [3.8, 4) is 6.07 Å². The van der Waals surface area contributed by atoms with Crippen LogP contribution in [0.15, 0.2) is 30.3 Å². The number of piperidine rings is 1. The number of aryl methyl sites for hydroxylation is 1. The van der Waals surface area contributed by atoms with Crippen LogP contribution < -0.4 is 4.90 Å². The highest BCUT2D eigenvalue weighted by molar-refractivity contribution is 5.85. The maximum absolute atomic E-state index is 12.9. The number of carbonyl (C=O) groups is 1. The van der Waals surface area contributed by atoms with Crippen molar-refractivity contribution < 1.29 is 4.79 Å². The molecule has 0 unspecified atom stereocenters. The van der Waals surface area contributed by atoms with E-state index < -0.39 is 0 Å². The number of benzene rings is 1. The Kier molecular flexibility index (Phi) is 5.71. The number of hydrogen-bond acceptors (Lipinski definition) is 5. The number of anilines is 1. The molecule has 0 aliphatic carbocycles. The van der Waals surface area contributed by atoms with Gasteiger partial charge in [-0.05, 0) is 48.9 Å². The predicted molar refractivity (Wildman–Crippen MR) is 130 cm³/mol. The third-order valence-corrected chi connectivity index (χ3v) is 7.14. The lowest BCUT2D eigenvalue weighted by molar-refractivity contribution is -0.135. The monoisotopic (exact) mass is 444 g/mol. The molecule has 7 nitrogen and oxygen atoms in total. The van der Waals surface area contributed by atoms with E-state index in [4.69, 9.17) is 4.98 Å². The van der Waals surface area contributed by atoms with Gasteiger partial charge in [-0.15, -0.1) is 0 Å². The Balaban J connectivity index is 1.35. The standard InChI is InChI=1S/C26H32N6O/c1-18-12-19(2)16-31(15-18)25(33)17-29-8-10-30(11-9-29)24-13-20(3)21(14-27)26-28-22-6-4-5-7-23(22)32(24)26/h4-7,13,18-19H,8-12,15-17H2,1-3H3/t18-,19+. The fourth-order valence-corrected chi connectivity index (χ4v) is 5.60. The highest BCUT2D eigenvalue weighted by Gasteiger charge is 2.28. The Morgan fingerprint density at radius 2 is 1.82 bits per heavy atom. The molecule has 4 heterocycles. The van der Waals surface area contributed by atoms with E-state index in [9.17, 15) is 10.1 Å². The minimum Gasteiger partial charge on any atom is -0.355 e. The number of nitrogens with zero attached hydrogens (tertiary/aromatic N) is 6. The first-order valence-corrected chi connectivity index (χ1v) is 12.0. The summed E-state index contributed by atoms with van der Waals surface area (Å²) in [7, 11) is 0. The molecule has 5 rings (SSSR count). The quantitative estimate of drug-likeness (QED) is 0.620. The second-order valence-corrected chi connectivity index (χ2v) is 9.94. The molecule has 1 aromatic carbocycles. The fraction of sp³-hybridized carbons (Fsp3) is 0.500. The Hall–Kier alpha value is -3.11. The number of rotatable bonds is 3. The van der Waals surface area contributed by atoms with Gasteiger partial charge in [0.05, 0.1) is 23.1 Å². The number of likely N-dealkylation sites (tertiary alicyclic amines) is 1. The molecule has 0 spiro atoms. The summed E-state index contributed by atoms with van der Waals surface area (Å²) in [5.41, 5.74) is 4.21. The van der Waals surface area contributed by atoms with Gasteiger partial charge in [0.1, 0.15) is 11.9 Å². The third kappa shape index (κ3) is 4.04. The Bertz CT molecular complexity index is 1220. The summed E-state index contributed by atoms with van der Waals surface area (Å²) in [5, 5.41) is 9.74. The van der Waals surface area contributed by atoms with Crippen LogP contribution in [0.3, 0.4) is 0 Å². The van der Waals surface area contributed by atoms with E-state index in [-0.39, 0.29) is 5.91 Å². The lowest BCUT2D eigenvalue weighted by atomic mass is 9.92. The summed E-state index contributed by atoms with van der Waals surface area (Å²) in [5.74, 6) is 2.50. The first-order chi connectivity index (χ1) is 15.9. The largest absolute Gasteiger partial charge is 0.355 e. The van der Waals surface area contributed by atoms with Crippen molar-refractivity contribution in [2.24, 2.45) is 11.8 Å². The van der Waals surface area contributed by atoms with E-state index in [0.29, 0.717) is 23.9 Å². The highest BCUT2D eigenvalue weighted by Crippen LogP contribution is 2.29. The minimum atomic E-state index is 0.263. The number of amides is 1. The number of hydrogen-bond donors (Lipinski definition) is 0. The van der Waals surface area contributed by atoms with Crippen molar-refractivity contribution in [3.63, 3.8) is 0 Å². The molecular weight excluding hydrogens is 412 g/mol. The van der Waals surface area contributed by atoms with E-state index in [2.05, 4.69) is 51.1 Å². The summed E-state index contributed by atoms with van der Waals surface area (Å²) in [4.78, 5) is 24.4. The van der Waals surface area contributed by atoms with Crippen LogP contribution in [-0.4, -0.2) is 70.9 Å². The van der Waals surface area contributed by atoms with Crippen LogP contribution in [-0.2, 0) is 4.79 Å². The molecular formula is C26H32N6O. The van der Waals surface area contributed by atoms with E-state index >= 15 is 0 Å². The molecule has 2 atom stereocenters. The molecule has 2 saturated heterocycles. The lowest BCUT2D eigenvalue weighted by Crippen LogP contribution is -2.52. The summed E-state index contributed by atoms with van der Waals surface area (Å²) in [6.45, 7) is 12.1. The van der Waals surface area contributed by atoms with Crippen LogP contribution >= 0.6 is 0 Å². The van der Waals surface area contributed by atoms with Crippen molar-refractivity contribution in [1.29, 1.82) is 5.26 Å². The second kappa shape index (κ2) is 8.68. The molecule has 0 radical (unpaired) electrons. The minimum absolute atomic E-state index is 0.263. The number of nitriles is 1. The Morgan fingerprint density at radius 3 is 2.52 bits per heavy atom. The van der Waals surface area contributed by atoms with E-state index in [1.165, 1.54) is 6.42 Å². The summed E-state index contributed by atoms with van der Waals surface area (Å²) >= 11 is 0.